The highest BCUT2D eigenvalue weighted by Crippen LogP contribution is 2.35. The minimum Gasteiger partial charge on any atom is -0.367 e. The molecule has 0 amide bonds. The van der Waals surface area contributed by atoms with E-state index in [1.54, 1.807) is 6.20 Å². The Hall–Kier alpha value is -4.60. The van der Waals surface area contributed by atoms with Gasteiger partial charge in [0.15, 0.2) is 0 Å². The van der Waals surface area contributed by atoms with Crippen LogP contribution in [-0.4, -0.2) is 39.0 Å². The van der Waals surface area contributed by atoms with Gasteiger partial charge < -0.3 is 5.32 Å². The number of fused-ring (bicyclic) bond motifs is 1. The van der Waals surface area contributed by atoms with Gasteiger partial charge in [0.25, 0.3) is 0 Å². The normalized spacial score (nSPS) is 14.3. The maximum atomic E-state index is 9.02. The van der Waals surface area contributed by atoms with Crippen molar-refractivity contribution in [1.29, 1.82) is 5.26 Å². The molecule has 6 heteroatoms. The van der Waals surface area contributed by atoms with Crippen molar-refractivity contribution in [3.8, 4) is 28.3 Å². The summed E-state index contributed by atoms with van der Waals surface area (Å²) in [4.78, 5) is 15.3. The van der Waals surface area contributed by atoms with E-state index in [2.05, 4.69) is 98.0 Å². The van der Waals surface area contributed by atoms with Gasteiger partial charge in [-0.1, -0.05) is 60.7 Å². The summed E-state index contributed by atoms with van der Waals surface area (Å²) in [5.74, 6) is 0.928. The molecule has 5 aromatic rings. The number of rotatable bonds is 6. The number of nitrogens with one attached hydrogen (secondary N) is 1. The van der Waals surface area contributed by atoms with E-state index in [4.69, 9.17) is 5.26 Å². The smallest absolute Gasteiger partial charge is 0.234 e. The van der Waals surface area contributed by atoms with Gasteiger partial charge in [-0.15, -0.1) is 0 Å². The van der Waals surface area contributed by atoms with Crippen molar-refractivity contribution in [2.45, 2.75) is 25.4 Å². The molecule has 38 heavy (non-hydrogen) atoms. The molecule has 0 radical (unpaired) electrons. The summed E-state index contributed by atoms with van der Waals surface area (Å²) in [5.41, 5.74) is 7.15. The Bertz CT molecular complexity index is 1580. The molecule has 1 fully saturated rings. The molecule has 2 aromatic heterocycles. The number of nitrogens with zero attached hydrogens (tertiary/aromatic N) is 5. The molecule has 0 unspecified atom stereocenters. The number of aromatic nitrogens is 3. The largest absolute Gasteiger partial charge is 0.367 e. The zero-order valence-corrected chi connectivity index (χ0v) is 21.1. The second kappa shape index (κ2) is 10.8. The molecule has 6 rings (SSSR count). The van der Waals surface area contributed by atoms with E-state index >= 15 is 0 Å². The Labute approximate surface area is 222 Å². The lowest BCUT2D eigenvalue weighted by atomic mass is 9.92. The summed E-state index contributed by atoms with van der Waals surface area (Å²) in [7, 11) is 0. The number of benzene rings is 3. The fraction of sp³-hybridized carbons (Fsp3) is 0.188. The Balaban J connectivity index is 1.15. The quantitative estimate of drug-likeness (QED) is 0.297. The van der Waals surface area contributed by atoms with Crippen molar-refractivity contribution in [2.24, 2.45) is 0 Å². The third-order valence-corrected chi connectivity index (χ3v) is 7.19. The Morgan fingerprint density at radius 3 is 2.37 bits per heavy atom. The van der Waals surface area contributed by atoms with E-state index < -0.39 is 0 Å². The third-order valence-electron chi connectivity index (χ3n) is 7.19. The van der Waals surface area contributed by atoms with E-state index in [1.807, 2.05) is 24.4 Å². The summed E-state index contributed by atoms with van der Waals surface area (Å²) in [5, 5.41) is 13.6. The van der Waals surface area contributed by atoms with Gasteiger partial charge in [0.2, 0.25) is 5.82 Å². The summed E-state index contributed by atoms with van der Waals surface area (Å²) in [6.07, 6.45) is 5.56. The molecule has 1 aliphatic rings. The van der Waals surface area contributed by atoms with Gasteiger partial charge in [-0.3, -0.25) is 9.88 Å². The molecular formula is C32H28N6. The van der Waals surface area contributed by atoms with E-state index in [-0.39, 0.29) is 5.82 Å². The molecule has 3 heterocycles. The van der Waals surface area contributed by atoms with Crippen molar-refractivity contribution >= 4 is 16.7 Å². The van der Waals surface area contributed by atoms with Gasteiger partial charge in [-0.25, -0.2) is 9.97 Å². The number of nitriles is 1. The van der Waals surface area contributed by atoms with Crippen LogP contribution in [0, 0.1) is 11.3 Å². The Morgan fingerprint density at radius 2 is 1.58 bits per heavy atom. The van der Waals surface area contributed by atoms with Gasteiger partial charge in [-0.2, -0.15) is 5.26 Å². The first-order valence-electron chi connectivity index (χ1n) is 13.0. The van der Waals surface area contributed by atoms with Crippen molar-refractivity contribution in [3.05, 3.63) is 109 Å². The zero-order valence-electron chi connectivity index (χ0n) is 21.1. The highest BCUT2D eigenvalue weighted by Gasteiger charge is 2.20. The van der Waals surface area contributed by atoms with Crippen LogP contribution in [0.3, 0.4) is 0 Å². The molecule has 0 atom stereocenters. The fourth-order valence-electron chi connectivity index (χ4n) is 5.20. The van der Waals surface area contributed by atoms with Gasteiger partial charge >= 0.3 is 0 Å². The van der Waals surface area contributed by atoms with Gasteiger partial charge in [0.1, 0.15) is 11.9 Å². The lowest BCUT2D eigenvalue weighted by Gasteiger charge is -2.32. The van der Waals surface area contributed by atoms with Gasteiger partial charge in [-0.05, 0) is 64.9 Å². The SMILES string of the molecule is N#Cc1nccc(NC2CCN(Cc3ccc(-c4cc5cccnc5cc4-c4ccccc4)cc3)CC2)n1. The Kier molecular flexibility index (Phi) is 6.75. The molecule has 0 aliphatic carbocycles. The number of anilines is 1. The molecule has 0 spiro atoms. The predicted octanol–water partition coefficient (Wildman–Crippen LogP) is 6.31. The van der Waals surface area contributed by atoms with Crippen LogP contribution in [-0.2, 0) is 6.54 Å². The molecule has 1 saturated heterocycles. The Morgan fingerprint density at radius 1 is 0.816 bits per heavy atom. The number of pyridine rings is 1. The average molecular weight is 497 g/mol. The highest BCUT2D eigenvalue weighted by molar-refractivity contribution is 5.94. The van der Waals surface area contributed by atoms with Gasteiger partial charge in [0.05, 0.1) is 5.52 Å². The first-order valence-corrected chi connectivity index (χ1v) is 13.0. The lowest BCUT2D eigenvalue weighted by Crippen LogP contribution is -2.38. The summed E-state index contributed by atoms with van der Waals surface area (Å²) in [6.45, 7) is 2.98. The van der Waals surface area contributed by atoms with Gasteiger partial charge in [0, 0.05) is 43.5 Å². The maximum Gasteiger partial charge on any atom is 0.234 e. The molecule has 0 bridgehead atoms. The molecule has 186 valence electrons. The second-order valence-corrected chi connectivity index (χ2v) is 9.73. The zero-order chi connectivity index (χ0) is 25.7. The molecule has 1 N–H and O–H groups in total. The van der Waals surface area contributed by atoms with Crippen molar-refractivity contribution in [3.63, 3.8) is 0 Å². The van der Waals surface area contributed by atoms with E-state index in [9.17, 15) is 0 Å². The van der Waals surface area contributed by atoms with E-state index in [0.717, 1.165) is 49.2 Å². The molecule has 3 aromatic carbocycles. The monoisotopic (exact) mass is 496 g/mol. The van der Waals surface area contributed by atoms with Crippen LogP contribution in [0.1, 0.15) is 24.2 Å². The number of hydrogen-bond donors (Lipinski definition) is 1. The van der Waals surface area contributed by atoms with Crippen LogP contribution in [0.2, 0.25) is 0 Å². The first kappa shape index (κ1) is 23.8. The molecule has 6 nitrogen and oxygen atoms in total. The van der Waals surface area contributed by atoms with Crippen LogP contribution < -0.4 is 5.32 Å². The minimum atomic E-state index is 0.201. The summed E-state index contributed by atoms with van der Waals surface area (Å²) in [6, 6.07) is 32.3. The maximum absolute atomic E-state index is 9.02. The number of piperidine rings is 1. The van der Waals surface area contributed by atoms with Crippen LogP contribution in [0.15, 0.2) is 97.3 Å². The summed E-state index contributed by atoms with van der Waals surface area (Å²) >= 11 is 0. The van der Waals surface area contributed by atoms with Crippen molar-refractivity contribution < 1.29 is 0 Å². The van der Waals surface area contributed by atoms with Crippen molar-refractivity contribution in [2.75, 3.05) is 18.4 Å². The molecule has 1 aliphatic heterocycles. The fourth-order valence-corrected chi connectivity index (χ4v) is 5.20. The van der Waals surface area contributed by atoms with Crippen LogP contribution >= 0.6 is 0 Å². The van der Waals surface area contributed by atoms with E-state index in [1.165, 1.54) is 27.8 Å². The van der Waals surface area contributed by atoms with Crippen molar-refractivity contribution in [1.82, 2.24) is 19.9 Å². The van der Waals surface area contributed by atoms with E-state index in [0.29, 0.717) is 6.04 Å². The average Bonchev–Trinajstić information content (AvgIpc) is 2.98. The third kappa shape index (κ3) is 5.24. The molecule has 0 saturated carbocycles. The minimum absolute atomic E-state index is 0.201. The highest BCUT2D eigenvalue weighted by atomic mass is 15.1. The number of likely N-dealkylation sites (tertiary alicyclic amines) is 1. The van der Waals surface area contributed by atoms with Crippen LogP contribution in [0.4, 0.5) is 5.82 Å². The summed E-state index contributed by atoms with van der Waals surface area (Å²) < 4.78 is 0. The predicted molar refractivity (Wildman–Crippen MR) is 151 cm³/mol. The lowest BCUT2D eigenvalue weighted by molar-refractivity contribution is 0.211. The standard InChI is InChI=1S/C32H28N6/c33-21-32-35-16-12-31(37-32)36-27-13-17-38(18-14-27)22-23-8-10-25(11-9-23)28-19-26-7-4-15-34-30(26)20-29(28)24-5-2-1-3-6-24/h1-12,15-16,19-20,27H,13-14,17-18,22H2,(H,35,36,37). The van der Waals surface area contributed by atoms with Crippen LogP contribution in [0.25, 0.3) is 33.2 Å². The topological polar surface area (TPSA) is 77.7 Å². The second-order valence-electron chi connectivity index (χ2n) is 9.73. The molecular weight excluding hydrogens is 468 g/mol. The number of hydrogen-bond acceptors (Lipinski definition) is 6. The van der Waals surface area contributed by atoms with Crippen LogP contribution in [0.5, 0.6) is 0 Å². The first-order chi connectivity index (χ1) is 18.7.